The van der Waals surface area contributed by atoms with Crippen LogP contribution in [-0.2, 0) is 24.3 Å². The van der Waals surface area contributed by atoms with Gasteiger partial charge in [-0.1, -0.05) is 0 Å². The second kappa shape index (κ2) is 8.48. The van der Waals surface area contributed by atoms with Crippen LogP contribution in [0.2, 0.25) is 0 Å². The minimum atomic E-state index is -3.62. The van der Waals surface area contributed by atoms with Crippen molar-refractivity contribution < 1.29 is 27.5 Å². The second-order valence-corrected chi connectivity index (χ2v) is 9.15. The molecule has 1 aromatic rings. The molecule has 1 atom stereocenters. The molecule has 8 nitrogen and oxygen atoms in total. The molecule has 0 bridgehead atoms. The number of ether oxygens (including phenoxy) is 2. The number of piperidine rings is 1. The lowest BCUT2D eigenvalue weighted by molar-refractivity contribution is -0.159. The Bertz CT molecular complexity index is 811. The van der Waals surface area contributed by atoms with Crippen LogP contribution in [0, 0.1) is 5.92 Å². The van der Waals surface area contributed by atoms with E-state index in [0.29, 0.717) is 18.6 Å². The first-order valence-electron chi connectivity index (χ1n) is 9.46. The summed E-state index contributed by atoms with van der Waals surface area (Å²) in [6.07, 6.45) is 1.83. The highest BCUT2D eigenvalue weighted by Crippen LogP contribution is 2.26. The van der Waals surface area contributed by atoms with Crippen molar-refractivity contribution in [2.75, 3.05) is 20.2 Å². The quantitative estimate of drug-likeness (QED) is 0.680. The second-order valence-electron chi connectivity index (χ2n) is 7.22. The predicted molar refractivity (Wildman–Crippen MR) is 101 cm³/mol. The summed E-state index contributed by atoms with van der Waals surface area (Å²) in [6.45, 7) is 2.02. The zero-order chi connectivity index (χ0) is 20.3. The molecule has 1 N–H and O–H groups in total. The highest BCUT2D eigenvalue weighted by atomic mass is 32.2. The third-order valence-corrected chi connectivity index (χ3v) is 6.98. The molecule has 1 amide bonds. The number of hydrogen-bond acceptors (Lipinski definition) is 6. The molecule has 3 rings (SSSR count). The lowest BCUT2D eigenvalue weighted by Crippen LogP contribution is -2.42. The normalized spacial score (nSPS) is 19.6. The third-order valence-electron chi connectivity index (χ3n) is 5.07. The van der Waals surface area contributed by atoms with Crippen molar-refractivity contribution in [3.8, 4) is 5.75 Å². The molecule has 1 aliphatic carbocycles. The zero-order valence-electron chi connectivity index (χ0n) is 16.1. The van der Waals surface area contributed by atoms with E-state index >= 15 is 0 Å². The summed E-state index contributed by atoms with van der Waals surface area (Å²) in [6, 6.07) is 6.43. The van der Waals surface area contributed by atoms with Gasteiger partial charge in [0.2, 0.25) is 10.0 Å². The Labute approximate surface area is 165 Å². The first-order valence-corrected chi connectivity index (χ1v) is 10.9. The summed E-state index contributed by atoms with van der Waals surface area (Å²) in [5.41, 5.74) is 0. The summed E-state index contributed by atoms with van der Waals surface area (Å²) < 4.78 is 37.2. The van der Waals surface area contributed by atoms with Crippen LogP contribution in [0.4, 0.5) is 0 Å². The molecule has 1 unspecified atom stereocenters. The molecule has 154 valence electrons. The molecule has 2 fully saturated rings. The summed E-state index contributed by atoms with van der Waals surface area (Å²) in [4.78, 5) is 24.4. The monoisotopic (exact) mass is 410 g/mol. The fourth-order valence-electron chi connectivity index (χ4n) is 3.10. The van der Waals surface area contributed by atoms with Crippen LogP contribution in [-0.4, -0.2) is 56.9 Å². The average molecular weight is 410 g/mol. The van der Waals surface area contributed by atoms with Crippen molar-refractivity contribution in [3.63, 3.8) is 0 Å². The molecule has 0 radical (unpaired) electrons. The Morgan fingerprint density at radius 3 is 2.25 bits per heavy atom. The van der Waals surface area contributed by atoms with Gasteiger partial charge >= 0.3 is 5.97 Å². The average Bonchev–Trinajstić information content (AvgIpc) is 3.52. The number of hydrogen-bond donors (Lipinski definition) is 1. The van der Waals surface area contributed by atoms with E-state index in [2.05, 4.69) is 5.32 Å². The van der Waals surface area contributed by atoms with Crippen LogP contribution in [0.25, 0.3) is 0 Å². The molecule has 0 aromatic heterocycles. The van der Waals surface area contributed by atoms with Crippen molar-refractivity contribution in [3.05, 3.63) is 24.3 Å². The maximum absolute atomic E-state index is 12.8. The Balaban J connectivity index is 1.52. The minimum Gasteiger partial charge on any atom is -0.497 e. The lowest BCUT2D eigenvalue weighted by atomic mass is 9.98. The predicted octanol–water partition coefficient (Wildman–Crippen LogP) is 1.31. The van der Waals surface area contributed by atoms with E-state index in [0.717, 1.165) is 12.8 Å². The van der Waals surface area contributed by atoms with Gasteiger partial charge in [-0.05, 0) is 56.9 Å². The number of nitrogens with one attached hydrogen (secondary N) is 1. The van der Waals surface area contributed by atoms with E-state index in [9.17, 15) is 18.0 Å². The fourth-order valence-corrected chi connectivity index (χ4v) is 4.57. The number of esters is 1. The number of benzene rings is 1. The van der Waals surface area contributed by atoms with Gasteiger partial charge in [0.1, 0.15) is 5.75 Å². The first-order chi connectivity index (χ1) is 13.3. The fraction of sp³-hybridized carbons (Fsp3) is 0.579. The van der Waals surface area contributed by atoms with Gasteiger partial charge in [-0.2, -0.15) is 4.31 Å². The van der Waals surface area contributed by atoms with Crippen molar-refractivity contribution in [1.29, 1.82) is 0 Å². The van der Waals surface area contributed by atoms with Crippen LogP contribution >= 0.6 is 0 Å². The summed E-state index contributed by atoms with van der Waals surface area (Å²) in [5, 5.41) is 2.80. The minimum absolute atomic E-state index is 0.194. The van der Waals surface area contributed by atoms with Crippen molar-refractivity contribution in [1.82, 2.24) is 9.62 Å². The zero-order valence-corrected chi connectivity index (χ0v) is 16.9. The molecule has 9 heteroatoms. The molecular weight excluding hydrogens is 384 g/mol. The largest absolute Gasteiger partial charge is 0.497 e. The standard InChI is InChI=1S/C19H26N2O6S/c1-13(18(22)20-15-3-4-15)27-19(23)14-9-11-21(12-10-14)28(24,25)17-7-5-16(26-2)6-8-17/h5-8,13-15H,3-4,9-12H2,1-2H3,(H,20,22). The Kier molecular flexibility index (Phi) is 6.24. The van der Waals surface area contributed by atoms with Crippen LogP contribution in [0.15, 0.2) is 29.2 Å². The third kappa shape index (κ3) is 4.82. The van der Waals surface area contributed by atoms with Crippen molar-refractivity contribution in [2.24, 2.45) is 5.92 Å². The highest BCUT2D eigenvalue weighted by Gasteiger charge is 2.34. The van der Waals surface area contributed by atoms with Crippen LogP contribution in [0.1, 0.15) is 32.6 Å². The van der Waals surface area contributed by atoms with Gasteiger partial charge in [0.05, 0.1) is 17.9 Å². The molecule has 1 aliphatic heterocycles. The molecule has 1 heterocycles. The number of carbonyl (C=O) groups is 2. The van der Waals surface area contributed by atoms with E-state index in [4.69, 9.17) is 9.47 Å². The molecule has 2 aliphatic rings. The van der Waals surface area contributed by atoms with Gasteiger partial charge in [-0.15, -0.1) is 0 Å². The molecular formula is C19H26N2O6S. The molecule has 1 saturated carbocycles. The number of sulfonamides is 1. The molecule has 1 aromatic carbocycles. The van der Waals surface area contributed by atoms with E-state index in [1.54, 1.807) is 19.1 Å². The first kappa shape index (κ1) is 20.6. The van der Waals surface area contributed by atoms with Crippen LogP contribution in [0.5, 0.6) is 5.75 Å². The number of nitrogens with zero attached hydrogens (tertiary/aromatic N) is 1. The van der Waals surface area contributed by atoms with Crippen molar-refractivity contribution >= 4 is 21.9 Å². The molecule has 28 heavy (non-hydrogen) atoms. The van der Waals surface area contributed by atoms with Gasteiger partial charge in [0.15, 0.2) is 6.10 Å². The number of methoxy groups -OCH3 is 1. The van der Waals surface area contributed by atoms with E-state index in [-0.39, 0.29) is 29.9 Å². The summed E-state index contributed by atoms with van der Waals surface area (Å²) >= 11 is 0. The number of rotatable bonds is 7. The molecule has 0 spiro atoms. The van der Waals surface area contributed by atoms with Gasteiger partial charge < -0.3 is 14.8 Å². The van der Waals surface area contributed by atoms with E-state index in [1.807, 2.05) is 0 Å². The van der Waals surface area contributed by atoms with Gasteiger partial charge in [-0.3, -0.25) is 9.59 Å². The van der Waals surface area contributed by atoms with Crippen LogP contribution in [0.3, 0.4) is 0 Å². The van der Waals surface area contributed by atoms with E-state index < -0.39 is 28.0 Å². The number of amides is 1. The van der Waals surface area contributed by atoms with Gasteiger partial charge in [-0.25, -0.2) is 8.42 Å². The van der Waals surface area contributed by atoms with Gasteiger partial charge in [0, 0.05) is 19.1 Å². The van der Waals surface area contributed by atoms with Crippen LogP contribution < -0.4 is 10.1 Å². The topological polar surface area (TPSA) is 102 Å². The lowest BCUT2D eigenvalue weighted by Gasteiger charge is -2.30. The SMILES string of the molecule is COc1ccc(S(=O)(=O)N2CCC(C(=O)OC(C)C(=O)NC3CC3)CC2)cc1. The number of carbonyl (C=O) groups excluding carboxylic acids is 2. The van der Waals surface area contributed by atoms with Gasteiger partial charge in [0.25, 0.3) is 5.91 Å². The Hall–Kier alpha value is -2.13. The Morgan fingerprint density at radius 1 is 1.11 bits per heavy atom. The smallest absolute Gasteiger partial charge is 0.309 e. The molecule has 1 saturated heterocycles. The summed E-state index contributed by atoms with van der Waals surface area (Å²) in [7, 11) is -2.10. The summed E-state index contributed by atoms with van der Waals surface area (Å²) in [5.74, 6) is -0.547. The van der Waals surface area contributed by atoms with Crippen molar-refractivity contribution in [2.45, 2.75) is 49.6 Å². The van der Waals surface area contributed by atoms with E-state index in [1.165, 1.54) is 23.5 Å². The maximum atomic E-state index is 12.8. The maximum Gasteiger partial charge on any atom is 0.309 e. The Morgan fingerprint density at radius 2 is 1.71 bits per heavy atom. The highest BCUT2D eigenvalue weighted by molar-refractivity contribution is 7.89.